The van der Waals surface area contributed by atoms with Gasteiger partial charge in [-0.2, -0.15) is 0 Å². The highest BCUT2D eigenvalue weighted by molar-refractivity contribution is 5.13. The van der Waals surface area contributed by atoms with Gasteiger partial charge in [-0.05, 0) is 5.56 Å². The fraction of sp³-hybridized carbons (Fsp3) is 0.467. The molecule has 3 heteroatoms. The fourth-order valence-electron chi connectivity index (χ4n) is 1.24. The van der Waals surface area contributed by atoms with Crippen molar-refractivity contribution in [3.05, 3.63) is 48.6 Å². The molecule has 0 fully saturated rings. The van der Waals surface area contributed by atoms with Gasteiger partial charge in [0.15, 0.2) is 0 Å². The first-order chi connectivity index (χ1) is 8.86. The van der Waals surface area contributed by atoms with Crippen LogP contribution in [0.2, 0.25) is 0 Å². The first kappa shape index (κ1) is 16.8. The van der Waals surface area contributed by atoms with Gasteiger partial charge in [0.25, 0.3) is 0 Å². The van der Waals surface area contributed by atoms with Gasteiger partial charge >= 0.3 is 0 Å². The molecular weight excluding hydrogens is 228 g/mol. The summed E-state index contributed by atoms with van der Waals surface area (Å²) < 4.78 is 10.7. The highest BCUT2D eigenvalue weighted by atomic mass is 16.5. The smallest absolute Gasteiger partial charge is 0.104 e. The fourth-order valence-corrected chi connectivity index (χ4v) is 1.24. The van der Waals surface area contributed by atoms with Crippen molar-refractivity contribution in [2.75, 3.05) is 19.8 Å². The summed E-state index contributed by atoms with van der Waals surface area (Å²) >= 11 is 0. The van der Waals surface area contributed by atoms with Crippen molar-refractivity contribution in [2.24, 2.45) is 0 Å². The zero-order chi connectivity index (χ0) is 13.6. The summed E-state index contributed by atoms with van der Waals surface area (Å²) in [6, 6.07) is 9.90. The van der Waals surface area contributed by atoms with E-state index in [1.54, 1.807) is 6.08 Å². The van der Waals surface area contributed by atoms with Crippen molar-refractivity contribution >= 4 is 0 Å². The molecule has 1 aromatic rings. The average Bonchev–Trinajstić information content (AvgIpc) is 2.46. The van der Waals surface area contributed by atoms with Crippen LogP contribution in [0.4, 0.5) is 0 Å². The molecule has 18 heavy (non-hydrogen) atoms. The summed E-state index contributed by atoms with van der Waals surface area (Å²) in [5, 5.41) is 9.01. The Labute approximate surface area is 110 Å². The van der Waals surface area contributed by atoms with Gasteiger partial charge in [-0.3, -0.25) is 0 Å². The summed E-state index contributed by atoms with van der Waals surface area (Å²) in [5.41, 5.74) is 1.11. The Kier molecular flexibility index (Phi) is 11.5. The van der Waals surface area contributed by atoms with Crippen molar-refractivity contribution in [1.82, 2.24) is 0 Å². The van der Waals surface area contributed by atoms with Gasteiger partial charge in [0.1, 0.15) is 6.10 Å². The van der Waals surface area contributed by atoms with Crippen molar-refractivity contribution in [3.63, 3.8) is 0 Å². The molecule has 0 spiro atoms. The van der Waals surface area contributed by atoms with Gasteiger partial charge in [0.2, 0.25) is 0 Å². The number of benzene rings is 1. The van der Waals surface area contributed by atoms with E-state index in [1.165, 1.54) is 0 Å². The summed E-state index contributed by atoms with van der Waals surface area (Å²) in [5.74, 6) is 0. The molecule has 0 bridgehead atoms. The van der Waals surface area contributed by atoms with E-state index in [9.17, 15) is 0 Å². The van der Waals surface area contributed by atoms with Gasteiger partial charge in [0.05, 0.1) is 26.4 Å². The minimum atomic E-state index is -0.276. The molecule has 0 heterocycles. The Morgan fingerprint density at radius 1 is 1.28 bits per heavy atom. The van der Waals surface area contributed by atoms with Crippen LogP contribution >= 0.6 is 0 Å². The second-order valence-corrected chi connectivity index (χ2v) is 3.43. The topological polar surface area (TPSA) is 38.7 Å². The quantitative estimate of drug-likeness (QED) is 0.723. The molecule has 0 aliphatic heterocycles. The van der Waals surface area contributed by atoms with Gasteiger partial charge < -0.3 is 14.6 Å². The Hall–Kier alpha value is -1.16. The van der Waals surface area contributed by atoms with Crippen LogP contribution in [-0.2, 0) is 16.1 Å². The predicted molar refractivity (Wildman–Crippen MR) is 74.5 cm³/mol. The minimum Gasteiger partial charge on any atom is -0.394 e. The minimum absolute atomic E-state index is 0.0391. The summed E-state index contributed by atoms with van der Waals surface area (Å²) in [6.07, 6.45) is 1.38. The molecule has 1 N–H and O–H groups in total. The Morgan fingerprint density at radius 2 is 1.94 bits per heavy atom. The van der Waals surface area contributed by atoms with Crippen LogP contribution in [0.3, 0.4) is 0 Å². The number of ether oxygens (including phenoxy) is 2. The standard InChI is InChI=1S/C13H18O3.C2H6/c1-2-8-16-13(9-14)11-15-10-12-6-4-3-5-7-12;1-2/h2-7,13-14H,1,8-11H2;1-2H3. The summed E-state index contributed by atoms with van der Waals surface area (Å²) in [7, 11) is 0. The van der Waals surface area contributed by atoms with Crippen LogP contribution in [0, 0.1) is 0 Å². The number of rotatable bonds is 8. The lowest BCUT2D eigenvalue weighted by Gasteiger charge is -2.14. The number of hydrogen-bond donors (Lipinski definition) is 1. The maximum absolute atomic E-state index is 9.01. The molecule has 0 saturated carbocycles. The van der Waals surface area contributed by atoms with E-state index in [1.807, 2.05) is 44.2 Å². The number of aliphatic hydroxyl groups excluding tert-OH is 1. The average molecular weight is 252 g/mol. The molecule has 1 rings (SSSR count). The van der Waals surface area contributed by atoms with Crippen molar-refractivity contribution in [1.29, 1.82) is 0 Å². The third-order valence-corrected chi connectivity index (χ3v) is 2.07. The third-order valence-electron chi connectivity index (χ3n) is 2.07. The lowest BCUT2D eigenvalue weighted by atomic mass is 10.2. The van der Waals surface area contributed by atoms with Gasteiger partial charge in [-0.25, -0.2) is 0 Å². The largest absolute Gasteiger partial charge is 0.394 e. The molecule has 102 valence electrons. The zero-order valence-corrected chi connectivity index (χ0v) is 11.3. The van der Waals surface area contributed by atoms with Crippen LogP contribution in [0.1, 0.15) is 19.4 Å². The molecule has 1 atom stereocenters. The molecule has 0 aromatic heterocycles. The van der Waals surface area contributed by atoms with Crippen LogP contribution in [0.15, 0.2) is 43.0 Å². The lowest BCUT2D eigenvalue weighted by molar-refractivity contribution is -0.0370. The van der Waals surface area contributed by atoms with Crippen LogP contribution in [0.5, 0.6) is 0 Å². The number of aliphatic hydroxyl groups is 1. The Bertz CT molecular complexity index is 285. The maximum Gasteiger partial charge on any atom is 0.104 e. The van der Waals surface area contributed by atoms with E-state index in [4.69, 9.17) is 14.6 Å². The van der Waals surface area contributed by atoms with E-state index < -0.39 is 0 Å². The molecule has 0 radical (unpaired) electrons. The maximum atomic E-state index is 9.01. The van der Waals surface area contributed by atoms with E-state index in [-0.39, 0.29) is 12.7 Å². The van der Waals surface area contributed by atoms with Crippen LogP contribution in [-0.4, -0.2) is 31.0 Å². The van der Waals surface area contributed by atoms with E-state index in [0.29, 0.717) is 19.8 Å². The molecule has 0 amide bonds. The second kappa shape index (κ2) is 12.3. The molecule has 1 unspecified atom stereocenters. The highest BCUT2D eigenvalue weighted by Crippen LogP contribution is 2.02. The van der Waals surface area contributed by atoms with E-state index in [0.717, 1.165) is 5.56 Å². The van der Waals surface area contributed by atoms with E-state index in [2.05, 4.69) is 6.58 Å². The Balaban J connectivity index is 0.00000137. The van der Waals surface area contributed by atoms with Crippen molar-refractivity contribution < 1.29 is 14.6 Å². The molecule has 0 aliphatic carbocycles. The van der Waals surface area contributed by atoms with Crippen LogP contribution < -0.4 is 0 Å². The predicted octanol–water partition coefficient (Wildman–Crippen LogP) is 2.79. The third kappa shape index (κ3) is 8.01. The lowest BCUT2D eigenvalue weighted by Crippen LogP contribution is -2.24. The molecule has 1 aromatic carbocycles. The van der Waals surface area contributed by atoms with Crippen molar-refractivity contribution in [3.8, 4) is 0 Å². The first-order valence-corrected chi connectivity index (χ1v) is 6.32. The summed E-state index contributed by atoms with van der Waals surface area (Å²) in [6.45, 7) is 8.86. The molecule has 0 saturated heterocycles. The number of hydrogen-bond acceptors (Lipinski definition) is 3. The van der Waals surface area contributed by atoms with Gasteiger partial charge in [-0.15, -0.1) is 6.58 Å². The van der Waals surface area contributed by atoms with Gasteiger partial charge in [0, 0.05) is 0 Å². The molecule has 3 nitrogen and oxygen atoms in total. The molecule has 0 aliphatic rings. The normalized spacial score (nSPS) is 11.3. The van der Waals surface area contributed by atoms with Crippen molar-refractivity contribution in [2.45, 2.75) is 26.6 Å². The second-order valence-electron chi connectivity index (χ2n) is 3.43. The summed E-state index contributed by atoms with van der Waals surface area (Å²) in [4.78, 5) is 0. The van der Waals surface area contributed by atoms with E-state index >= 15 is 0 Å². The molecular formula is C15H24O3. The van der Waals surface area contributed by atoms with Gasteiger partial charge in [-0.1, -0.05) is 50.3 Å². The van der Waals surface area contributed by atoms with Crippen LogP contribution in [0.25, 0.3) is 0 Å². The highest BCUT2D eigenvalue weighted by Gasteiger charge is 2.06. The SMILES string of the molecule is C=CCOC(CO)COCc1ccccc1.CC. The monoisotopic (exact) mass is 252 g/mol. The Morgan fingerprint density at radius 3 is 2.50 bits per heavy atom. The zero-order valence-electron chi connectivity index (χ0n) is 11.3. The first-order valence-electron chi connectivity index (χ1n) is 6.32.